The molecule has 2 aromatic carbocycles. The van der Waals surface area contributed by atoms with Crippen LogP contribution in [0.25, 0.3) is 10.8 Å². The summed E-state index contributed by atoms with van der Waals surface area (Å²) in [7, 11) is 1.67. The topological polar surface area (TPSA) is 35.5 Å². The van der Waals surface area contributed by atoms with Crippen LogP contribution in [-0.4, -0.2) is 19.7 Å². The number of ether oxygens (including phenoxy) is 2. The Hall–Kier alpha value is -2.03. The SMILES string of the molecule is CCCCCCCCCCOC(=O)C(C)c1ccc2cc(OC)ccc2c1. The molecule has 2 rings (SSSR count). The van der Waals surface area contributed by atoms with Crippen LogP contribution < -0.4 is 4.74 Å². The van der Waals surface area contributed by atoms with Gasteiger partial charge in [-0.1, -0.05) is 76.1 Å². The normalized spacial score (nSPS) is 12.1. The molecule has 0 spiro atoms. The van der Waals surface area contributed by atoms with Gasteiger partial charge in [0, 0.05) is 0 Å². The molecule has 0 fully saturated rings. The van der Waals surface area contributed by atoms with Crippen LogP contribution in [0.1, 0.15) is 76.7 Å². The Labute approximate surface area is 164 Å². The number of rotatable bonds is 12. The van der Waals surface area contributed by atoms with Crippen molar-refractivity contribution in [2.45, 2.75) is 71.1 Å². The highest BCUT2D eigenvalue weighted by molar-refractivity contribution is 5.86. The van der Waals surface area contributed by atoms with Crippen LogP contribution in [-0.2, 0) is 9.53 Å². The smallest absolute Gasteiger partial charge is 0.313 e. The first-order valence-electron chi connectivity index (χ1n) is 10.4. The maximum Gasteiger partial charge on any atom is 0.313 e. The van der Waals surface area contributed by atoms with E-state index in [1.807, 2.05) is 37.3 Å². The second-order valence-electron chi connectivity index (χ2n) is 7.34. The van der Waals surface area contributed by atoms with Crippen LogP contribution in [0.4, 0.5) is 0 Å². The third-order valence-corrected chi connectivity index (χ3v) is 5.17. The van der Waals surface area contributed by atoms with Crippen molar-refractivity contribution in [1.82, 2.24) is 0 Å². The number of unbranched alkanes of at least 4 members (excludes halogenated alkanes) is 7. The van der Waals surface area contributed by atoms with Gasteiger partial charge in [-0.25, -0.2) is 0 Å². The summed E-state index contributed by atoms with van der Waals surface area (Å²) in [6.07, 6.45) is 9.96. The van der Waals surface area contributed by atoms with E-state index in [9.17, 15) is 4.79 Å². The van der Waals surface area contributed by atoms with Gasteiger partial charge in [-0.05, 0) is 41.8 Å². The van der Waals surface area contributed by atoms with Gasteiger partial charge in [0.2, 0.25) is 0 Å². The Morgan fingerprint density at radius 1 is 0.889 bits per heavy atom. The van der Waals surface area contributed by atoms with Crippen LogP contribution in [0.3, 0.4) is 0 Å². The molecule has 0 aliphatic rings. The standard InChI is InChI=1S/C24H34O3/c1-4-5-6-7-8-9-10-11-16-27-24(25)19(2)20-12-13-22-18-23(26-3)15-14-21(22)17-20/h12-15,17-19H,4-11,16H2,1-3H3. The fourth-order valence-corrected chi connectivity index (χ4v) is 3.31. The molecule has 0 saturated carbocycles. The lowest BCUT2D eigenvalue weighted by Gasteiger charge is -2.13. The number of hydrogen-bond donors (Lipinski definition) is 0. The number of methoxy groups -OCH3 is 1. The number of fused-ring (bicyclic) bond motifs is 1. The summed E-state index contributed by atoms with van der Waals surface area (Å²) < 4.78 is 10.8. The van der Waals surface area contributed by atoms with Crippen molar-refractivity contribution in [3.8, 4) is 5.75 Å². The molecule has 0 amide bonds. The summed E-state index contributed by atoms with van der Waals surface area (Å²) in [5, 5.41) is 2.22. The molecular weight excluding hydrogens is 336 g/mol. The monoisotopic (exact) mass is 370 g/mol. The lowest BCUT2D eigenvalue weighted by Crippen LogP contribution is -2.14. The molecule has 0 bridgehead atoms. The highest BCUT2D eigenvalue weighted by Crippen LogP contribution is 2.25. The molecule has 2 aromatic rings. The minimum atomic E-state index is -0.245. The van der Waals surface area contributed by atoms with Gasteiger partial charge in [-0.3, -0.25) is 4.79 Å². The van der Waals surface area contributed by atoms with Crippen LogP contribution >= 0.6 is 0 Å². The van der Waals surface area contributed by atoms with Gasteiger partial charge < -0.3 is 9.47 Å². The first kappa shape index (κ1) is 21.3. The third-order valence-electron chi connectivity index (χ3n) is 5.17. The van der Waals surface area contributed by atoms with E-state index in [2.05, 4.69) is 13.0 Å². The number of carbonyl (C=O) groups is 1. The van der Waals surface area contributed by atoms with Crippen molar-refractivity contribution >= 4 is 16.7 Å². The Kier molecular flexibility index (Phi) is 9.17. The lowest BCUT2D eigenvalue weighted by molar-refractivity contribution is -0.145. The number of hydrogen-bond acceptors (Lipinski definition) is 3. The lowest BCUT2D eigenvalue weighted by atomic mass is 9.98. The van der Waals surface area contributed by atoms with Crippen LogP contribution in [0.5, 0.6) is 5.75 Å². The maximum absolute atomic E-state index is 12.3. The van der Waals surface area contributed by atoms with Crippen molar-refractivity contribution in [2.24, 2.45) is 0 Å². The van der Waals surface area contributed by atoms with E-state index in [0.717, 1.165) is 34.9 Å². The number of benzene rings is 2. The minimum Gasteiger partial charge on any atom is -0.497 e. The Morgan fingerprint density at radius 2 is 1.52 bits per heavy atom. The van der Waals surface area contributed by atoms with Gasteiger partial charge in [-0.15, -0.1) is 0 Å². The molecule has 0 aliphatic carbocycles. The van der Waals surface area contributed by atoms with Crippen molar-refractivity contribution in [3.05, 3.63) is 42.0 Å². The summed E-state index contributed by atoms with van der Waals surface area (Å²) >= 11 is 0. The highest BCUT2D eigenvalue weighted by Gasteiger charge is 2.17. The molecule has 1 atom stereocenters. The molecule has 0 N–H and O–H groups in total. The van der Waals surface area contributed by atoms with E-state index >= 15 is 0 Å². The Morgan fingerprint density at radius 3 is 2.22 bits per heavy atom. The molecule has 27 heavy (non-hydrogen) atoms. The molecule has 0 aromatic heterocycles. The molecule has 1 unspecified atom stereocenters. The minimum absolute atomic E-state index is 0.134. The van der Waals surface area contributed by atoms with Gasteiger partial charge in [0.15, 0.2) is 0 Å². The summed E-state index contributed by atoms with van der Waals surface area (Å²) in [6.45, 7) is 4.69. The van der Waals surface area contributed by atoms with Gasteiger partial charge in [0.25, 0.3) is 0 Å². The summed E-state index contributed by atoms with van der Waals surface area (Å²) in [4.78, 5) is 12.3. The highest BCUT2D eigenvalue weighted by atomic mass is 16.5. The van der Waals surface area contributed by atoms with Crippen LogP contribution in [0.2, 0.25) is 0 Å². The van der Waals surface area contributed by atoms with Gasteiger partial charge in [0.05, 0.1) is 19.6 Å². The fourth-order valence-electron chi connectivity index (χ4n) is 3.31. The first-order chi connectivity index (χ1) is 13.2. The maximum atomic E-state index is 12.3. The zero-order valence-corrected chi connectivity index (χ0v) is 17.1. The van der Waals surface area contributed by atoms with E-state index in [0.29, 0.717) is 6.61 Å². The van der Waals surface area contributed by atoms with E-state index in [4.69, 9.17) is 9.47 Å². The zero-order valence-electron chi connectivity index (χ0n) is 17.1. The largest absolute Gasteiger partial charge is 0.497 e. The Balaban J connectivity index is 1.74. The molecule has 148 valence electrons. The van der Waals surface area contributed by atoms with Crippen LogP contribution in [0.15, 0.2) is 36.4 Å². The summed E-state index contributed by atoms with van der Waals surface area (Å²) in [6, 6.07) is 12.1. The fraction of sp³-hybridized carbons (Fsp3) is 0.542. The molecule has 0 radical (unpaired) electrons. The average Bonchev–Trinajstić information content (AvgIpc) is 2.71. The van der Waals surface area contributed by atoms with Crippen LogP contribution in [0, 0.1) is 0 Å². The van der Waals surface area contributed by atoms with E-state index < -0.39 is 0 Å². The van der Waals surface area contributed by atoms with Crippen molar-refractivity contribution < 1.29 is 14.3 Å². The molecular formula is C24H34O3. The predicted octanol–water partition coefficient (Wildman–Crippen LogP) is 6.64. The molecule has 3 nitrogen and oxygen atoms in total. The second kappa shape index (κ2) is 11.6. The molecule has 0 saturated heterocycles. The Bertz CT molecular complexity index is 708. The van der Waals surface area contributed by atoms with E-state index in [-0.39, 0.29) is 11.9 Å². The average molecular weight is 371 g/mol. The summed E-state index contributed by atoms with van der Waals surface area (Å²) in [5.74, 6) is 0.462. The zero-order chi connectivity index (χ0) is 19.5. The van der Waals surface area contributed by atoms with Gasteiger partial charge >= 0.3 is 5.97 Å². The molecule has 0 aliphatic heterocycles. The van der Waals surface area contributed by atoms with Gasteiger partial charge in [-0.2, -0.15) is 0 Å². The predicted molar refractivity (Wildman–Crippen MR) is 112 cm³/mol. The van der Waals surface area contributed by atoms with Gasteiger partial charge in [0.1, 0.15) is 5.75 Å². The molecule has 0 heterocycles. The number of carbonyl (C=O) groups excluding carboxylic acids is 1. The molecule has 3 heteroatoms. The number of esters is 1. The second-order valence-corrected chi connectivity index (χ2v) is 7.34. The van der Waals surface area contributed by atoms with Crippen molar-refractivity contribution in [3.63, 3.8) is 0 Å². The van der Waals surface area contributed by atoms with Crippen molar-refractivity contribution in [1.29, 1.82) is 0 Å². The quantitative estimate of drug-likeness (QED) is 0.310. The van der Waals surface area contributed by atoms with Crippen molar-refractivity contribution in [2.75, 3.05) is 13.7 Å². The summed E-state index contributed by atoms with van der Waals surface area (Å²) in [5.41, 5.74) is 0.994. The van der Waals surface area contributed by atoms with E-state index in [1.165, 1.54) is 38.5 Å². The first-order valence-corrected chi connectivity index (χ1v) is 10.4. The van der Waals surface area contributed by atoms with E-state index in [1.54, 1.807) is 7.11 Å². The third kappa shape index (κ3) is 6.89.